The number of benzene rings is 1. The molecule has 1 fully saturated rings. The fourth-order valence-electron chi connectivity index (χ4n) is 4.78. The van der Waals surface area contributed by atoms with Crippen LogP contribution in [0, 0.1) is 6.92 Å². The third-order valence-electron chi connectivity index (χ3n) is 6.69. The number of nitrogens with one attached hydrogen (secondary N) is 1. The molecule has 1 aliphatic heterocycles. The summed E-state index contributed by atoms with van der Waals surface area (Å²) in [7, 11) is 1.25. The number of aryl methyl sites for hydroxylation is 1. The number of carbonyl (C=O) groups excluding carboxylic acids is 2. The second-order valence-electron chi connectivity index (χ2n) is 10.7. The highest BCUT2D eigenvalue weighted by Gasteiger charge is 2.28. The van der Waals surface area contributed by atoms with Gasteiger partial charge >= 0.3 is 0 Å². The quantitative estimate of drug-likeness (QED) is 0.330. The fraction of sp³-hybridized carbons (Fsp3) is 0.429. The maximum absolute atomic E-state index is 13.5. The number of amides is 2. The zero-order chi connectivity index (χ0) is 28.3. The summed E-state index contributed by atoms with van der Waals surface area (Å²) in [6.07, 6.45) is 6.11. The van der Waals surface area contributed by atoms with Gasteiger partial charge in [0.15, 0.2) is 0 Å². The first-order chi connectivity index (χ1) is 18.4. The zero-order valence-corrected chi connectivity index (χ0v) is 24.8. The number of anilines is 1. The summed E-state index contributed by atoms with van der Waals surface area (Å²) in [6, 6.07) is 8.59. The first-order valence-electron chi connectivity index (χ1n) is 13.1. The fourth-order valence-corrected chi connectivity index (χ4v) is 5.89. The van der Waals surface area contributed by atoms with Crippen LogP contribution in [-0.4, -0.2) is 83.2 Å². The molecule has 4 rings (SSSR count). The van der Waals surface area contributed by atoms with E-state index >= 15 is 0 Å². The Morgan fingerprint density at radius 1 is 1.21 bits per heavy atom. The highest BCUT2D eigenvalue weighted by Crippen LogP contribution is 2.35. The van der Waals surface area contributed by atoms with E-state index in [1.807, 2.05) is 46.7 Å². The van der Waals surface area contributed by atoms with Crippen LogP contribution < -0.4 is 10.8 Å². The van der Waals surface area contributed by atoms with Gasteiger partial charge in [-0.1, -0.05) is 23.7 Å². The number of pyridine rings is 1. The van der Waals surface area contributed by atoms with Crippen molar-refractivity contribution in [3.63, 3.8) is 0 Å². The molecule has 0 saturated carbocycles. The maximum atomic E-state index is 13.5. The third-order valence-corrected chi connectivity index (χ3v) is 8.33. The average molecular weight is 571 g/mol. The summed E-state index contributed by atoms with van der Waals surface area (Å²) in [5, 5.41) is 3.49. The van der Waals surface area contributed by atoms with Crippen LogP contribution >= 0.6 is 18.7 Å². The molecular weight excluding hydrogens is 535 g/mol. The molecule has 11 heteroatoms. The molecule has 3 heterocycles. The Hall–Kier alpha value is -3.00. The number of carbonyl (C=O) groups is 2. The highest BCUT2D eigenvalue weighted by molar-refractivity contribution is 7.69. The van der Waals surface area contributed by atoms with E-state index in [-0.39, 0.29) is 17.9 Å². The van der Waals surface area contributed by atoms with Gasteiger partial charge in [0.05, 0.1) is 22.1 Å². The summed E-state index contributed by atoms with van der Waals surface area (Å²) in [5.41, 5.74) is 2.75. The number of aromatic nitrogens is 3. The number of nitrogens with zero attached hydrogens (tertiary/aromatic N) is 5. The largest absolute Gasteiger partial charge is 0.337 e. The van der Waals surface area contributed by atoms with Gasteiger partial charge in [0, 0.05) is 37.0 Å². The molecule has 0 radical (unpaired) electrons. The van der Waals surface area contributed by atoms with Gasteiger partial charge in [-0.25, -0.2) is 4.98 Å². The number of para-hydroxylation sites is 1. The van der Waals surface area contributed by atoms with Crippen LogP contribution in [0.25, 0.3) is 11.0 Å². The molecule has 1 atom stereocenters. The van der Waals surface area contributed by atoms with Crippen LogP contribution in [0.15, 0.2) is 42.5 Å². The van der Waals surface area contributed by atoms with Crippen LogP contribution in [-0.2, 0) is 9.36 Å². The second-order valence-corrected chi connectivity index (χ2v) is 14.2. The molecule has 208 valence electrons. The minimum Gasteiger partial charge on any atom is -0.337 e. The predicted octanol–water partition coefficient (Wildman–Crippen LogP) is 4.56. The van der Waals surface area contributed by atoms with Gasteiger partial charge in [0.1, 0.15) is 12.6 Å². The molecule has 1 saturated heterocycles. The number of hydrogen-bond acceptors (Lipinski definition) is 6. The van der Waals surface area contributed by atoms with E-state index in [9.17, 15) is 14.2 Å². The van der Waals surface area contributed by atoms with E-state index in [1.165, 1.54) is 0 Å². The molecule has 1 aliphatic rings. The summed E-state index contributed by atoms with van der Waals surface area (Å²) in [6.45, 7) is 6.85. The summed E-state index contributed by atoms with van der Waals surface area (Å²) in [4.78, 5) is 39.5. The van der Waals surface area contributed by atoms with Gasteiger partial charge in [0.25, 0.3) is 5.91 Å². The van der Waals surface area contributed by atoms with Crippen molar-refractivity contribution in [3.8, 4) is 0 Å². The number of hydrogen-bond donors (Lipinski definition) is 1. The van der Waals surface area contributed by atoms with Crippen molar-refractivity contribution in [2.24, 2.45) is 0 Å². The molecule has 0 unspecified atom stereocenters. The minimum atomic E-state index is -2.67. The van der Waals surface area contributed by atoms with Crippen LogP contribution in [0.5, 0.6) is 0 Å². The minimum absolute atomic E-state index is 0.0341. The smallest absolute Gasteiger partial charge is 0.258 e. The third kappa shape index (κ3) is 6.96. The topological polar surface area (TPSA) is 100 Å². The molecule has 39 heavy (non-hydrogen) atoms. The van der Waals surface area contributed by atoms with E-state index in [1.54, 1.807) is 44.5 Å². The standard InChI is InChI=1S/C28H36ClN6O3P/c1-19-16-20(17-24(30-19)39(4,5)38)27(37)32-28-31-23-12-8-11-22(29)26(23)35(28)21-10-6-7-15-34(18-21)25(36)13-9-14-33(2)3/h8-9,11-13,16-17,21H,6-7,10,14-15,18H2,1-5H3,(H,31,32,37)/b13-9+/t21-/m0/s1. The van der Waals surface area contributed by atoms with Crippen molar-refractivity contribution in [1.29, 1.82) is 0 Å². The van der Waals surface area contributed by atoms with Crippen LogP contribution in [0.4, 0.5) is 5.95 Å². The van der Waals surface area contributed by atoms with Crippen molar-refractivity contribution < 1.29 is 14.2 Å². The normalized spacial score (nSPS) is 16.7. The zero-order valence-electron chi connectivity index (χ0n) is 23.1. The Bertz CT molecular complexity index is 1460. The molecular formula is C28H36ClN6O3P. The molecule has 9 nitrogen and oxygen atoms in total. The van der Waals surface area contributed by atoms with Gasteiger partial charge in [-0.15, -0.1) is 0 Å². The van der Waals surface area contributed by atoms with Gasteiger partial charge in [-0.05, 0) is 77.9 Å². The predicted molar refractivity (Wildman–Crippen MR) is 158 cm³/mol. The van der Waals surface area contributed by atoms with Gasteiger partial charge in [0.2, 0.25) is 11.9 Å². The Kier molecular flexibility index (Phi) is 8.94. The molecule has 1 aromatic carbocycles. The number of imidazole rings is 1. The Morgan fingerprint density at radius 2 is 1.97 bits per heavy atom. The maximum Gasteiger partial charge on any atom is 0.258 e. The Balaban J connectivity index is 1.70. The summed E-state index contributed by atoms with van der Waals surface area (Å²) in [5.74, 6) is -0.0537. The van der Waals surface area contributed by atoms with Gasteiger partial charge in [-0.2, -0.15) is 0 Å². The summed E-state index contributed by atoms with van der Waals surface area (Å²) < 4.78 is 14.6. The molecule has 2 amide bonds. The van der Waals surface area contributed by atoms with Crippen LogP contribution in [0.1, 0.15) is 41.4 Å². The lowest BCUT2D eigenvalue weighted by Crippen LogP contribution is -2.35. The molecule has 2 aromatic heterocycles. The second kappa shape index (κ2) is 12.0. The highest BCUT2D eigenvalue weighted by atomic mass is 35.5. The van der Waals surface area contributed by atoms with Crippen molar-refractivity contribution in [2.75, 3.05) is 52.4 Å². The SMILES string of the molecule is Cc1cc(C(=O)Nc2nc3cccc(Cl)c3n2[C@H]2CCCCN(C(=O)/C=C/CN(C)C)C2)cc(P(C)(C)=O)n1. The number of likely N-dealkylation sites (N-methyl/N-ethyl adjacent to an activating group) is 1. The number of likely N-dealkylation sites (tertiary alicyclic amines) is 1. The monoisotopic (exact) mass is 570 g/mol. The van der Waals surface area contributed by atoms with Gasteiger partial charge in [-0.3, -0.25) is 19.9 Å². The lowest BCUT2D eigenvalue weighted by atomic mass is 10.1. The van der Waals surface area contributed by atoms with E-state index in [0.29, 0.717) is 52.8 Å². The van der Waals surface area contributed by atoms with Crippen LogP contribution in [0.2, 0.25) is 5.02 Å². The van der Waals surface area contributed by atoms with Gasteiger partial charge < -0.3 is 18.9 Å². The molecule has 0 bridgehead atoms. The van der Waals surface area contributed by atoms with E-state index in [4.69, 9.17) is 16.6 Å². The lowest BCUT2D eigenvalue weighted by molar-refractivity contribution is -0.126. The average Bonchev–Trinajstić information content (AvgIpc) is 3.04. The number of halogens is 1. The van der Waals surface area contributed by atoms with E-state index < -0.39 is 7.14 Å². The first kappa shape index (κ1) is 29.0. The molecule has 1 N–H and O–H groups in total. The molecule has 0 spiro atoms. The van der Waals surface area contributed by atoms with Crippen molar-refractivity contribution in [1.82, 2.24) is 24.3 Å². The van der Waals surface area contributed by atoms with E-state index in [2.05, 4.69) is 10.3 Å². The van der Waals surface area contributed by atoms with Crippen LogP contribution in [0.3, 0.4) is 0 Å². The van der Waals surface area contributed by atoms with Crippen molar-refractivity contribution in [3.05, 3.63) is 58.8 Å². The number of fused-ring (bicyclic) bond motifs is 1. The Labute approximate surface area is 234 Å². The summed E-state index contributed by atoms with van der Waals surface area (Å²) >= 11 is 6.67. The molecule has 3 aromatic rings. The van der Waals surface area contributed by atoms with Crippen molar-refractivity contribution >= 4 is 53.0 Å². The lowest BCUT2D eigenvalue weighted by Gasteiger charge is -2.26. The van der Waals surface area contributed by atoms with Crippen molar-refractivity contribution in [2.45, 2.75) is 32.2 Å². The van der Waals surface area contributed by atoms with E-state index in [0.717, 1.165) is 24.8 Å². The number of rotatable bonds is 7. The first-order valence-corrected chi connectivity index (χ1v) is 16.0. The molecule has 0 aliphatic carbocycles. The Morgan fingerprint density at radius 3 is 2.69 bits per heavy atom.